The standard InChI is InChI=1S/C9H19NO4S/c1-10-5-3-4-8(6-10)9(14-2)7-15(11,12)13/h8-9H,3-7H2,1-2H3,(H,11,12,13). The zero-order chi connectivity index (χ0) is 11.5. The molecule has 2 unspecified atom stereocenters. The van der Waals surface area contributed by atoms with Crippen LogP contribution in [0.3, 0.4) is 0 Å². The van der Waals surface area contributed by atoms with Crippen LogP contribution in [0.5, 0.6) is 0 Å². The van der Waals surface area contributed by atoms with Gasteiger partial charge in [0.25, 0.3) is 10.1 Å². The van der Waals surface area contributed by atoms with Gasteiger partial charge in [-0.3, -0.25) is 4.55 Å². The molecule has 15 heavy (non-hydrogen) atoms. The molecule has 0 spiro atoms. The summed E-state index contributed by atoms with van der Waals surface area (Å²) in [6.45, 7) is 1.87. The average molecular weight is 237 g/mol. The fourth-order valence-corrected chi connectivity index (χ4v) is 2.94. The third-order valence-electron chi connectivity index (χ3n) is 2.86. The summed E-state index contributed by atoms with van der Waals surface area (Å²) >= 11 is 0. The van der Waals surface area contributed by atoms with Gasteiger partial charge in [-0.1, -0.05) is 0 Å². The smallest absolute Gasteiger partial charge is 0.267 e. The fourth-order valence-electron chi connectivity index (χ4n) is 2.11. The molecule has 0 aromatic carbocycles. The number of rotatable bonds is 4. The summed E-state index contributed by atoms with van der Waals surface area (Å²) in [6, 6.07) is 0. The van der Waals surface area contributed by atoms with E-state index < -0.39 is 16.2 Å². The van der Waals surface area contributed by atoms with Gasteiger partial charge in [-0.05, 0) is 32.4 Å². The molecule has 0 amide bonds. The summed E-state index contributed by atoms with van der Waals surface area (Å²) < 4.78 is 35.5. The van der Waals surface area contributed by atoms with E-state index in [0.29, 0.717) is 0 Å². The van der Waals surface area contributed by atoms with E-state index in [1.807, 2.05) is 7.05 Å². The summed E-state index contributed by atoms with van der Waals surface area (Å²) in [5.74, 6) is -0.113. The number of ether oxygens (including phenoxy) is 1. The molecular formula is C9H19NO4S. The van der Waals surface area contributed by atoms with Crippen molar-refractivity contribution in [2.45, 2.75) is 18.9 Å². The first-order chi connectivity index (χ1) is 6.92. The minimum atomic E-state index is -3.95. The van der Waals surface area contributed by atoms with Crippen molar-refractivity contribution in [1.82, 2.24) is 4.90 Å². The van der Waals surface area contributed by atoms with Gasteiger partial charge in [-0.2, -0.15) is 8.42 Å². The van der Waals surface area contributed by atoms with E-state index >= 15 is 0 Å². The molecule has 0 radical (unpaired) electrons. The summed E-state index contributed by atoms with van der Waals surface area (Å²) in [4.78, 5) is 2.16. The Hall–Kier alpha value is -0.170. The number of hydrogen-bond donors (Lipinski definition) is 1. The largest absolute Gasteiger partial charge is 0.380 e. The minimum absolute atomic E-state index is 0.190. The van der Waals surface area contributed by atoms with Crippen molar-refractivity contribution in [2.75, 3.05) is 33.0 Å². The third-order valence-corrected chi connectivity index (χ3v) is 3.61. The van der Waals surface area contributed by atoms with Crippen LogP contribution in [-0.2, 0) is 14.9 Å². The zero-order valence-electron chi connectivity index (χ0n) is 9.22. The minimum Gasteiger partial charge on any atom is -0.380 e. The monoisotopic (exact) mass is 237 g/mol. The molecule has 0 saturated carbocycles. The number of likely N-dealkylation sites (tertiary alicyclic amines) is 1. The molecule has 1 N–H and O–H groups in total. The number of nitrogens with zero attached hydrogens (tertiary/aromatic N) is 1. The second-order valence-corrected chi connectivity index (χ2v) is 5.68. The summed E-state index contributed by atoms with van der Waals surface area (Å²) in [5.41, 5.74) is 0. The first kappa shape index (κ1) is 12.9. The molecule has 5 nitrogen and oxygen atoms in total. The van der Waals surface area contributed by atoms with Gasteiger partial charge in [0.15, 0.2) is 0 Å². The van der Waals surface area contributed by atoms with E-state index in [0.717, 1.165) is 25.9 Å². The first-order valence-corrected chi connectivity index (χ1v) is 6.70. The predicted molar refractivity (Wildman–Crippen MR) is 57.4 cm³/mol. The van der Waals surface area contributed by atoms with Crippen molar-refractivity contribution in [3.8, 4) is 0 Å². The van der Waals surface area contributed by atoms with E-state index in [1.54, 1.807) is 0 Å². The highest BCUT2D eigenvalue weighted by molar-refractivity contribution is 7.85. The van der Waals surface area contributed by atoms with Gasteiger partial charge < -0.3 is 9.64 Å². The summed E-state index contributed by atoms with van der Waals surface area (Å²) in [6.07, 6.45) is 1.60. The van der Waals surface area contributed by atoms with Gasteiger partial charge >= 0.3 is 0 Å². The van der Waals surface area contributed by atoms with Crippen molar-refractivity contribution in [3.05, 3.63) is 0 Å². The molecule has 2 atom stereocenters. The molecule has 1 heterocycles. The van der Waals surface area contributed by atoms with Crippen molar-refractivity contribution in [3.63, 3.8) is 0 Å². The second kappa shape index (κ2) is 5.25. The van der Waals surface area contributed by atoms with Crippen LogP contribution in [0.25, 0.3) is 0 Å². The molecule has 1 saturated heterocycles. The highest BCUT2D eigenvalue weighted by Gasteiger charge is 2.29. The molecule has 6 heteroatoms. The Labute approximate surface area is 91.2 Å². The quantitative estimate of drug-likeness (QED) is 0.709. The van der Waals surface area contributed by atoms with Gasteiger partial charge in [0.1, 0.15) is 5.75 Å². The summed E-state index contributed by atoms with van der Waals surface area (Å²) in [7, 11) is -0.449. The lowest BCUT2D eigenvalue weighted by atomic mass is 9.93. The average Bonchev–Trinajstić information content (AvgIpc) is 2.13. The van der Waals surface area contributed by atoms with Crippen molar-refractivity contribution < 1.29 is 17.7 Å². The van der Waals surface area contributed by atoms with Crippen LogP contribution in [0.2, 0.25) is 0 Å². The van der Waals surface area contributed by atoms with Gasteiger partial charge in [0.05, 0.1) is 6.10 Å². The second-order valence-electron chi connectivity index (χ2n) is 4.19. The van der Waals surface area contributed by atoms with E-state index in [2.05, 4.69) is 4.90 Å². The molecule has 0 bridgehead atoms. The van der Waals surface area contributed by atoms with Crippen LogP contribution in [0.1, 0.15) is 12.8 Å². The maximum absolute atomic E-state index is 10.8. The molecule has 1 rings (SSSR count). The third kappa shape index (κ3) is 4.46. The Balaban J connectivity index is 2.57. The van der Waals surface area contributed by atoms with Gasteiger partial charge in [0, 0.05) is 13.7 Å². The van der Waals surface area contributed by atoms with Crippen LogP contribution < -0.4 is 0 Å². The van der Waals surface area contributed by atoms with Gasteiger partial charge in [-0.15, -0.1) is 0 Å². The van der Waals surface area contributed by atoms with Gasteiger partial charge in [-0.25, -0.2) is 0 Å². The number of piperidine rings is 1. The lowest BCUT2D eigenvalue weighted by Gasteiger charge is -2.33. The van der Waals surface area contributed by atoms with Crippen LogP contribution in [0, 0.1) is 5.92 Å². The number of methoxy groups -OCH3 is 1. The molecular weight excluding hydrogens is 218 g/mol. The number of hydrogen-bond acceptors (Lipinski definition) is 4. The van der Waals surface area contributed by atoms with Gasteiger partial charge in [0.2, 0.25) is 0 Å². The van der Waals surface area contributed by atoms with Crippen LogP contribution >= 0.6 is 0 Å². The fraction of sp³-hybridized carbons (Fsp3) is 1.00. The Morgan fingerprint density at radius 2 is 2.27 bits per heavy atom. The Kier molecular flexibility index (Phi) is 4.51. The Morgan fingerprint density at radius 3 is 2.73 bits per heavy atom. The highest BCUT2D eigenvalue weighted by Crippen LogP contribution is 2.21. The molecule has 1 aliphatic rings. The molecule has 0 aromatic rings. The predicted octanol–water partition coefficient (Wildman–Crippen LogP) is 0.231. The maximum Gasteiger partial charge on any atom is 0.267 e. The first-order valence-electron chi connectivity index (χ1n) is 5.09. The maximum atomic E-state index is 10.8. The Bertz CT molecular complexity index is 290. The molecule has 0 aliphatic carbocycles. The van der Waals surface area contributed by atoms with Crippen LogP contribution in [-0.4, -0.2) is 57.0 Å². The van der Waals surface area contributed by atoms with Crippen LogP contribution in [0.15, 0.2) is 0 Å². The van der Waals surface area contributed by atoms with E-state index in [-0.39, 0.29) is 11.7 Å². The van der Waals surface area contributed by atoms with E-state index in [9.17, 15) is 8.42 Å². The topological polar surface area (TPSA) is 66.8 Å². The van der Waals surface area contributed by atoms with E-state index in [1.165, 1.54) is 7.11 Å². The lowest BCUT2D eigenvalue weighted by molar-refractivity contribution is 0.0347. The molecule has 1 aliphatic heterocycles. The van der Waals surface area contributed by atoms with Crippen molar-refractivity contribution in [1.29, 1.82) is 0 Å². The zero-order valence-corrected chi connectivity index (χ0v) is 10.0. The van der Waals surface area contributed by atoms with Crippen molar-refractivity contribution in [2.24, 2.45) is 5.92 Å². The Morgan fingerprint density at radius 1 is 1.60 bits per heavy atom. The normalized spacial score (nSPS) is 26.5. The molecule has 0 aromatic heterocycles. The van der Waals surface area contributed by atoms with Crippen molar-refractivity contribution >= 4 is 10.1 Å². The highest BCUT2D eigenvalue weighted by atomic mass is 32.2. The molecule has 1 fully saturated rings. The lowest BCUT2D eigenvalue weighted by Crippen LogP contribution is -2.41. The SMILES string of the molecule is COC(CS(=O)(=O)O)C1CCCN(C)C1. The van der Waals surface area contributed by atoms with E-state index in [4.69, 9.17) is 9.29 Å². The molecule has 90 valence electrons. The van der Waals surface area contributed by atoms with Crippen LogP contribution in [0.4, 0.5) is 0 Å². The summed E-state index contributed by atoms with van der Waals surface area (Å²) in [5, 5.41) is 0.